The van der Waals surface area contributed by atoms with Gasteiger partial charge in [0.1, 0.15) is 34.6 Å². The Morgan fingerprint density at radius 3 is 1.74 bits per heavy atom. The van der Waals surface area contributed by atoms with Crippen molar-refractivity contribution in [3.63, 3.8) is 0 Å². The van der Waals surface area contributed by atoms with Gasteiger partial charge in [0.05, 0.1) is 21.3 Å². The molecule has 2 aliphatic carbocycles. The van der Waals surface area contributed by atoms with Crippen molar-refractivity contribution >= 4 is 16.8 Å². The average Bonchev–Trinajstić information content (AvgIpc) is 3.34. The standard InChI is InChI=1S/C44H42F2O4/c1-41(2)23-42(3,4)25-43(24-41)38-35(20-28(45)21-36(38)46)37-32-17-16-31(49-7)22-34(32)40-33(39(37)43)18-19-44(50-40,26-8-12-29(47-5)13-9-26)27-10-14-30(48-6)15-11-27/h8-22H,23-25H2,1-7H3. The van der Waals surface area contributed by atoms with Gasteiger partial charge in [-0.2, -0.15) is 0 Å². The Morgan fingerprint density at radius 1 is 0.620 bits per heavy atom. The largest absolute Gasteiger partial charge is 0.497 e. The van der Waals surface area contributed by atoms with E-state index in [4.69, 9.17) is 18.9 Å². The molecule has 5 aromatic carbocycles. The molecule has 6 heteroatoms. The van der Waals surface area contributed by atoms with Gasteiger partial charge in [-0.1, -0.05) is 58.0 Å². The van der Waals surface area contributed by atoms with Crippen LogP contribution in [0.1, 0.15) is 74.8 Å². The predicted octanol–water partition coefficient (Wildman–Crippen LogP) is 11.0. The molecule has 0 saturated heterocycles. The van der Waals surface area contributed by atoms with Gasteiger partial charge in [0.25, 0.3) is 0 Å². The second-order valence-electron chi connectivity index (χ2n) is 15.8. The van der Waals surface area contributed by atoms with Crippen molar-refractivity contribution in [1.82, 2.24) is 0 Å². The maximum Gasteiger partial charge on any atom is 0.178 e. The van der Waals surface area contributed by atoms with E-state index in [1.807, 2.05) is 66.7 Å². The Balaban J connectivity index is 1.49. The molecule has 0 unspecified atom stereocenters. The molecule has 0 amide bonds. The van der Waals surface area contributed by atoms with E-state index < -0.39 is 22.7 Å². The maximum atomic E-state index is 16.6. The fourth-order valence-corrected chi connectivity index (χ4v) is 10.0. The van der Waals surface area contributed by atoms with E-state index in [1.165, 1.54) is 6.07 Å². The molecule has 256 valence electrons. The van der Waals surface area contributed by atoms with Crippen molar-refractivity contribution in [1.29, 1.82) is 0 Å². The third kappa shape index (κ3) is 4.74. The molecule has 0 aromatic heterocycles. The summed E-state index contributed by atoms with van der Waals surface area (Å²) in [5, 5.41) is 1.69. The monoisotopic (exact) mass is 672 g/mol. The lowest BCUT2D eigenvalue weighted by molar-refractivity contribution is 0.0627. The van der Waals surface area contributed by atoms with Crippen LogP contribution >= 0.6 is 0 Å². The number of halogens is 2. The van der Waals surface area contributed by atoms with E-state index in [1.54, 1.807) is 21.3 Å². The number of ether oxygens (including phenoxy) is 4. The zero-order valence-electron chi connectivity index (χ0n) is 29.7. The van der Waals surface area contributed by atoms with Crippen LogP contribution in [0.2, 0.25) is 0 Å². The molecule has 8 rings (SSSR count). The Kier molecular flexibility index (Phi) is 7.17. The summed E-state index contributed by atoms with van der Waals surface area (Å²) in [6.07, 6.45) is 6.69. The van der Waals surface area contributed by atoms with Gasteiger partial charge in [-0.25, -0.2) is 8.78 Å². The lowest BCUT2D eigenvalue weighted by Crippen LogP contribution is -2.45. The van der Waals surface area contributed by atoms with E-state index in [9.17, 15) is 0 Å². The van der Waals surface area contributed by atoms with Crippen LogP contribution in [0, 0.1) is 22.5 Å². The number of benzene rings is 5. The molecule has 1 fully saturated rings. The quantitative estimate of drug-likeness (QED) is 0.186. The van der Waals surface area contributed by atoms with Gasteiger partial charge in [-0.3, -0.25) is 0 Å². The van der Waals surface area contributed by atoms with Gasteiger partial charge < -0.3 is 18.9 Å². The van der Waals surface area contributed by atoms with E-state index in [0.29, 0.717) is 22.6 Å². The van der Waals surface area contributed by atoms with Gasteiger partial charge in [0.2, 0.25) is 0 Å². The highest BCUT2D eigenvalue weighted by Gasteiger charge is 2.56. The van der Waals surface area contributed by atoms with Crippen LogP contribution in [-0.4, -0.2) is 21.3 Å². The zero-order chi connectivity index (χ0) is 35.2. The summed E-state index contributed by atoms with van der Waals surface area (Å²) in [6, 6.07) is 24.4. The number of rotatable bonds is 5. The predicted molar refractivity (Wildman–Crippen MR) is 194 cm³/mol. The van der Waals surface area contributed by atoms with Crippen molar-refractivity contribution in [2.75, 3.05) is 21.3 Å². The van der Waals surface area contributed by atoms with Crippen molar-refractivity contribution in [3.8, 4) is 34.1 Å². The topological polar surface area (TPSA) is 36.9 Å². The fraction of sp³-hybridized carbons (Fsp3) is 0.318. The molecule has 0 radical (unpaired) electrons. The van der Waals surface area contributed by atoms with Crippen LogP contribution in [0.5, 0.6) is 23.0 Å². The molecule has 5 aromatic rings. The molecular weight excluding hydrogens is 630 g/mol. The van der Waals surface area contributed by atoms with Gasteiger partial charge in [-0.05, 0) is 107 Å². The van der Waals surface area contributed by atoms with Crippen molar-refractivity contribution in [2.45, 2.75) is 58.0 Å². The highest BCUT2D eigenvalue weighted by atomic mass is 19.1. The minimum Gasteiger partial charge on any atom is -0.497 e. The summed E-state index contributed by atoms with van der Waals surface area (Å²) in [4.78, 5) is 0. The highest BCUT2D eigenvalue weighted by molar-refractivity contribution is 6.09. The summed E-state index contributed by atoms with van der Waals surface area (Å²) in [6.45, 7) is 9.10. The van der Waals surface area contributed by atoms with E-state index in [0.717, 1.165) is 75.4 Å². The molecule has 1 spiro atoms. The Hall–Kier alpha value is -4.84. The zero-order valence-corrected chi connectivity index (χ0v) is 29.7. The summed E-state index contributed by atoms with van der Waals surface area (Å²) in [7, 11) is 4.94. The normalized spacial score (nSPS) is 18.6. The number of fused-ring (bicyclic) bond motifs is 10. The first-order chi connectivity index (χ1) is 23.8. The minimum absolute atomic E-state index is 0.113. The molecule has 0 N–H and O–H groups in total. The number of hydrogen-bond acceptors (Lipinski definition) is 4. The lowest BCUT2D eigenvalue weighted by atomic mass is 9.52. The van der Waals surface area contributed by atoms with Gasteiger partial charge in [0.15, 0.2) is 5.60 Å². The minimum atomic E-state index is -1.03. The van der Waals surface area contributed by atoms with E-state index in [-0.39, 0.29) is 10.8 Å². The molecule has 1 saturated carbocycles. The van der Waals surface area contributed by atoms with Gasteiger partial charge in [0, 0.05) is 39.1 Å². The maximum absolute atomic E-state index is 16.6. The van der Waals surface area contributed by atoms with Crippen LogP contribution in [0.25, 0.3) is 28.0 Å². The molecule has 0 bridgehead atoms. The summed E-state index contributed by atoms with van der Waals surface area (Å²) in [5.74, 6) is 1.75. The van der Waals surface area contributed by atoms with Crippen molar-refractivity contribution in [3.05, 3.63) is 124 Å². The Bertz CT molecular complexity index is 2130. The average molecular weight is 673 g/mol. The Labute approximate surface area is 292 Å². The van der Waals surface area contributed by atoms with Crippen LogP contribution in [-0.2, 0) is 11.0 Å². The van der Waals surface area contributed by atoms with Crippen LogP contribution in [0.15, 0.2) is 84.9 Å². The first kappa shape index (κ1) is 32.4. The van der Waals surface area contributed by atoms with Crippen LogP contribution in [0.4, 0.5) is 8.78 Å². The van der Waals surface area contributed by atoms with Crippen LogP contribution in [0.3, 0.4) is 0 Å². The first-order valence-corrected chi connectivity index (χ1v) is 17.2. The molecule has 1 heterocycles. The third-order valence-corrected chi connectivity index (χ3v) is 11.1. The first-order valence-electron chi connectivity index (χ1n) is 17.2. The summed E-state index contributed by atoms with van der Waals surface area (Å²) in [5.41, 5.74) is 3.85. The number of methoxy groups -OCH3 is 3. The second kappa shape index (κ2) is 11.1. The lowest BCUT2D eigenvalue weighted by Gasteiger charge is -2.52. The molecule has 1 aliphatic heterocycles. The summed E-state index contributed by atoms with van der Waals surface area (Å²) >= 11 is 0. The molecule has 3 aliphatic rings. The Morgan fingerprint density at radius 2 is 1.18 bits per heavy atom. The summed E-state index contributed by atoms with van der Waals surface area (Å²) < 4.78 is 56.1. The smallest absolute Gasteiger partial charge is 0.178 e. The highest BCUT2D eigenvalue weighted by Crippen LogP contribution is 2.67. The second-order valence-corrected chi connectivity index (χ2v) is 15.8. The molecule has 0 atom stereocenters. The fourth-order valence-electron chi connectivity index (χ4n) is 10.0. The van der Waals surface area contributed by atoms with Crippen molar-refractivity contribution < 1.29 is 27.7 Å². The molecular formula is C44H42F2O4. The van der Waals surface area contributed by atoms with Gasteiger partial charge in [-0.15, -0.1) is 0 Å². The SMILES string of the molecule is COc1ccc(C2(c3ccc(OC)cc3)C=Cc3c4c(c5ccc(OC)cc5c3O2)-c2cc(F)cc(F)c2C42CC(C)(C)CC(C)(C)C2)cc1. The van der Waals surface area contributed by atoms with Crippen LogP contribution < -0.4 is 18.9 Å². The molecule has 4 nitrogen and oxygen atoms in total. The van der Waals surface area contributed by atoms with E-state index in [2.05, 4.69) is 39.8 Å². The molecule has 50 heavy (non-hydrogen) atoms. The number of hydrogen-bond donors (Lipinski definition) is 0. The van der Waals surface area contributed by atoms with Gasteiger partial charge >= 0.3 is 0 Å². The van der Waals surface area contributed by atoms with Crippen molar-refractivity contribution in [2.24, 2.45) is 10.8 Å². The van der Waals surface area contributed by atoms with E-state index >= 15 is 8.78 Å². The third-order valence-electron chi connectivity index (χ3n) is 11.1.